The van der Waals surface area contributed by atoms with Gasteiger partial charge < -0.3 is 5.73 Å². The highest BCUT2D eigenvalue weighted by Gasteiger charge is 2.10. The first-order valence-electron chi connectivity index (χ1n) is 6.60. The van der Waals surface area contributed by atoms with Gasteiger partial charge in [-0.3, -0.25) is 0 Å². The number of nitrogens with one attached hydrogen (secondary N) is 1. The Kier molecular flexibility index (Phi) is 5.27. The molecule has 21 heavy (non-hydrogen) atoms. The van der Waals surface area contributed by atoms with Crippen molar-refractivity contribution < 1.29 is 8.42 Å². The fraction of sp³-hybridized carbons (Fsp3) is 0.125. The topological polar surface area (TPSA) is 72.2 Å². The third-order valence-electron chi connectivity index (χ3n) is 2.97. The molecule has 110 valence electrons. The molecule has 0 bridgehead atoms. The van der Waals surface area contributed by atoms with Crippen LogP contribution in [0.5, 0.6) is 0 Å². The molecule has 1 atom stereocenters. The number of benzene rings is 2. The van der Waals surface area contributed by atoms with Gasteiger partial charge in [0.2, 0.25) is 10.0 Å². The van der Waals surface area contributed by atoms with Crippen LogP contribution >= 0.6 is 0 Å². The van der Waals surface area contributed by atoms with Crippen molar-refractivity contribution >= 4 is 16.1 Å². The summed E-state index contributed by atoms with van der Waals surface area (Å²) in [4.78, 5) is 0. The minimum Gasteiger partial charge on any atom is -0.323 e. The SMILES string of the molecule is NC(CNS(=O)(=O)C=Cc1ccccc1)c1ccccc1. The monoisotopic (exact) mass is 302 g/mol. The molecule has 0 fully saturated rings. The summed E-state index contributed by atoms with van der Waals surface area (Å²) in [7, 11) is -3.49. The predicted molar refractivity (Wildman–Crippen MR) is 85.8 cm³/mol. The molecule has 0 spiro atoms. The molecule has 2 rings (SSSR count). The summed E-state index contributed by atoms with van der Waals surface area (Å²) < 4.78 is 26.3. The Morgan fingerprint density at radius 3 is 2.19 bits per heavy atom. The number of hydrogen-bond donors (Lipinski definition) is 2. The van der Waals surface area contributed by atoms with E-state index in [2.05, 4.69) is 4.72 Å². The van der Waals surface area contributed by atoms with E-state index in [9.17, 15) is 8.42 Å². The van der Waals surface area contributed by atoms with E-state index in [1.165, 1.54) is 0 Å². The van der Waals surface area contributed by atoms with Crippen LogP contribution in [0.25, 0.3) is 6.08 Å². The van der Waals surface area contributed by atoms with Crippen molar-refractivity contribution in [1.29, 1.82) is 0 Å². The lowest BCUT2D eigenvalue weighted by molar-refractivity contribution is 0.581. The van der Waals surface area contributed by atoms with Crippen LogP contribution in [0.2, 0.25) is 0 Å². The largest absolute Gasteiger partial charge is 0.323 e. The lowest BCUT2D eigenvalue weighted by atomic mass is 10.1. The summed E-state index contributed by atoms with van der Waals surface area (Å²) >= 11 is 0. The van der Waals surface area contributed by atoms with Crippen LogP contribution in [-0.2, 0) is 10.0 Å². The fourth-order valence-corrected chi connectivity index (χ4v) is 2.65. The average molecular weight is 302 g/mol. The summed E-state index contributed by atoms with van der Waals surface area (Å²) in [6, 6.07) is 18.3. The second-order valence-electron chi connectivity index (χ2n) is 4.62. The highest BCUT2D eigenvalue weighted by Crippen LogP contribution is 2.09. The zero-order chi connectivity index (χ0) is 15.1. The summed E-state index contributed by atoms with van der Waals surface area (Å²) in [5.74, 6) is 0. The number of hydrogen-bond acceptors (Lipinski definition) is 3. The summed E-state index contributed by atoms with van der Waals surface area (Å²) in [6.45, 7) is 0.158. The van der Waals surface area contributed by atoms with Crippen molar-refractivity contribution in [3.8, 4) is 0 Å². The van der Waals surface area contributed by atoms with Gasteiger partial charge in [0.15, 0.2) is 0 Å². The number of sulfonamides is 1. The van der Waals surface area contributed by atoms with E-state index < -0.39 is 10.0 Å². The zero-order valence-corrected chi connectivity index (χ0v) is 12.3. The molecular weight excluding hydrogens is 284 g/mol. The van der Waals surface area contributed by atoms with Gasteiger partial charge in [0.1, 0.15) is 0 Å². The Bertz CT molecular complexity index is 683. The summed E-state index contributed by atoms with van der Waals surface area (Å²) in [5, 5.41) is 1.15. The van der Waals surface area contributed by atoms with Crippen LogP contribution in [0.4, 0.5) is 0 Å². The lowest BCUT2D eigenvalue weighted by Gasteiger charge is -2.12. The average Bonchev–Trinajstić information content (AvgIpc) is 2.53. The highest BCUT2D eigenvalue weighted by molar-refractivity contribution is 7.92. The predicted octanol–water partition coefficient (Wildman–Crippen LogP) is 2.28. The Morgan fingerprint density at radius 2 is 1.57 bits per heavy atom. The van der Waals surface area contributed by atoms with Crippen LogP contribution in [0.15, 0.2) is 66.1 Å². The molecular formula is C16H18N2O2S. The molecule has 0 amide bonds. The first-order valence-corrected chi connectivity index (χ1v) is 8.15. The van der Waals surface area contributed by atoms with E-state index in [0.717, 1.165) is 16.5 Å². The standard InChI is InChI=1S/C16H18N2O2S/c17-16(15-9-5-2-6-10-15)13-18-21(19,20)12-11-14-7-3-1-4-8-14/h1-12,16,18H,13,17H2. The summed E-state index contributed by atoms with van der Waals surface area (Å²) in [6.07, 6.45) is 1.55. The Balaban J connectivity index is 1.94. The molecule has 1 unspecified atom stereocenters. The van der Waals surface area contributed by atoms with E-state index in [1.807, 2.05) is 60.7 Å². The molecule has 0 radical (unpaired) electrons. The van der Waals surface area contributed by atoms with Gasteiger partial charge >= 0.3 is 0 Å². The van der Waals surface area contributed by atoms with Crippen LogP contribution in [0.1, 0.15) is 17.2 Å². The van der Waals surface area contributed by atoms with Crippen LogP contribution in [0, 0.1) is 0 Å². The van der Waals surface area contributed by atoms with Gasteiger partial charge in [0, 0.05) is 18.0 Å². The van der Waals surface area contributed by atoms with Gasteiger partial charge in [-0.1, -0.05) is 60.7 Å². The smallest absolute Gasteiger partial charge is 0.233 e. The molecule has 0 aliphatic rings. The van der Waals surface area contributed by atoms with Gasteiger partial charge in [0.05, 0.1) is 0 Å². The highest BCUT2D eigenvalue weighted by atomic mass is 32.2. The normalized spacial score (nSPS) is 13.4. The number of nitrogens with two attached hydrogens (primary N) is 1. The maximum atomic E-state index is 11.9. The van der Waals surface area contributed by atoms with E-state index in [0.29, 0.717) is 0 Å². The van der Waals surface area contributed by atoms with Crippen molar-refractivity contribution in [2.75, 3.05) is 6.54 Å². The molecule has 5 heteroatoms. The Hall–Kier alpha value is -1.95. The molecule has 0 aliphatic heterocycles. The first kappa shape index (κ1) is 15.4. The summed E-state index contributed by atoms with van der Waals surface area (Å²) in [5.41, 5.74) is 7.68. The zero-order valence-electron chi connectivity index (χ0n) is 11.5. The van der Waals surface area contributed by atoms with Crippen molar-refractivity contribution in [1.82, 2.24) is 4.72 Å². The van der Waals surface area contributed by atoms with Crippen LogP contribution < -0.4 is 10.5 Å². The van der Waals surface area contributed by atoms with E-state index >= 15 is 0 Å². The molecule has 3 N–H and O–H groups in total. The third-order valence-corrected chi connectivity index (χ3v) is 4.03. The first-order chi connectivity index (χ1) is 10.1. The van der Waals surface area contributed by atoms with Crippen molar-refractivity contribution in [3.05, 3.63) is 77.2 Å². The van der Waals surface area contributed by atoms with Gasteiger partial charge in [-0.25, -0.2) is 13.1 Å². The molecule has 0 saturated heterocycles. The molecule has 0 aromatic heterocycles. The minimum absolute atomic E-state index is 0.158. The fourth-order valence-electron chi connectivity index (χ4n) is 1.80. The Labute approximate surface area is 125 Å². The molecule has 0 saturated carbocycles. The van der Waals surface area contributed by atoms with E-state index in [1.54, 1.807) is 6.08 Å². The van der Waals surface area contributed by atoms with Gasteiger partial charge in [-0.2, -0.15) is 0 Å². The lowest BCUT2D eigenvalue weighted by Crippen LogP contribution is -2.30. The molecule has 2 aromatic carbocycles. The minimum atomic E-state index is -3.49. The van der Waals surface area contributed by atoms with E-state index in [4.69, 9.17) is 5.73 Å². The van der Waals surface area contributed by atoms with Crippen molar-refractivity contribution in [3.63, 3.8) is 0 Å². The molecule has 4 nitrogen and oxygen atoms in total. The maximum Gasteiger partial charge on any atom is 0.233 e. The van der Waals surface area contributed by atoms with Crippen LogP contribution in [0.3, 0.4) is 0 Å². The molecule has 0 heterocycles. The molecule has 2 aromatic rings. The quantitative estimate of drug-likeness (QED) is 0.860. The van der Waals surface area contributed by atoms with Crippen molar-refractivity contribution in [2.45, 2.75) is 6.04 Å². The third kappa shape index (κ3) is 5.15. The van der Waals surface area contributed by atoms with Crippen LogP contribution in [-0.4, -0.2) is 15.0 Å². The maximum absolute atomic E-state index is 11.9. The van der Waals surface area contributed by atoms with Gasteiger partial charge in [-0.15, -0.1) is 0 Å². The second kappa shape index (κ2) is 7.17. The van der Waals surface area contributed by atoms with Gasteiger partial charge in [-0.05, 0) is 17.2 Å². The van der Waals surface area contributed by atoms with Crippen molar-refractivity contribution in [2.24, 2.45) is 5.73 Å². The number of rotatable bonds is 6. The Morgan fingerprint density at radius 1 is 1.00 bits per heavy atom. The second-order valence-corrected chi connectivity index (χ2v) is 6.27. The molecule has 0 aliphatic carbocycles. The van der Waals surface area contributed by atoms with E-state index in [-0.39, 0.29) is 12.6 Å². The van der Waals surface area contributed by atoms with Gasteiger partial charge in [0.25, 0.3) is 0 Å².